The molecule has 3 atom stereocenters. The van der Waals surface area contributed by atoms with Gasteiger partial charge in [0.05, 0.1) is 16.4 Å². The second kappa shape index (κ2) is 5.45. The maximum atomic E-state index is 6.70. The normalized spacial score (nSPS) is 31.7. The van der Waals surface area contributed by atoms with Crippen LogP contribution in [0.2, 0.25) is 5.02 Å². The van der Waals surface area contributed by atoms with Crippen molar-refractivity contribution < 1.29 is 0 Å². The number of aryl methyl sites for hydroxylation is 2. The van der Waals surface area contributed by atoms with Gasteiger partial charge in [0.15, 0.2) is 0 Å². The Bertz CT molecular complexity index is 454. The van der Waals surface area contributed by atoms with Crippen molar-refractivity contribution in [3.8, 4) is 0 Å². The minimum atomic E-state index is -0.129. The number of rotatable bonds is 3. The van der Waals surface area contributed by atoms with Gasteiger partial charge in [-0.1, -0.05) is 25.4 Å². The molecule has 4 heteroatoms. The highest BCUT2D eigenvalue weighted by atomic mass is 35.5. The van der Waals surface area contributed by atoms with Gasteiger partial charge in [-0.15, -0.1) is 0 Å². The lowest BCUT2D eigenvalue weighted by Gasteiger charge is -2.42. The van der Waals surface area contributed by atoms with E-state index in [1.165, 1.54) is 12.8 Å². The zero-order valence-corrected chi connectivity index (χ0v) is 13.3. The Labute approximate surface area is 121 Å². The van der Waals surface area contributed by atoms with Gasteiger partial charge in [-0.05, 0) is 44.9 Å². The summed E-state index contributed by atoms with van der Waals surface area (Å²) in [5.41, 5.74) is 8.60. The van der Waals surface area contributed by atoms with E-state index < -0.39 is 0 Å². The number of nitrogens with zero attached hydrogens (tertiary/aromatic N) is 2. The monoisotopic (exact) mass is 283 g/mol. The molecule has 19 heavy (non-hydrogen) atoms. The van der Waals surface area contributed by atoms with Gasteiger partial charge in [-0.2, -0.15) is 5.10 Å². The summed E-state index contributed by atoms with van der Waals surface area (Å²) in [4.78, 5) is 0. The van der Waals surface area contributed by atoms with E-state index in [-0.39, 0.29) is 5.54 Å². The molecular formula is C15H26ClN3. The average Bonchev–Trinajstić information content (AvgIpc) is 2.62. The summed E-state index contributed by atoms with van der Waals surface area (Å²) in [5, 5.41) is 5.30. The zero-order chi connectivity index (χ0) is 14.2. The lowest BCUT2D eigenvalue weighted by atomic mass is 9.68. The predicted octanol–water partition coefficient (Wildman–Crippen LogP) is 3.56. The molecule has 3 unspecified atom stereocenters. The summed E-state index contributed by atoms with van der Waals surface area (Å²) in [6.45, 7) is 9.52. The number of hydrogen-bond donors (Lipinski definition) is 1. The van der Waals surface area contributed by atoms with Gasteiger partial charge in [-0.25, -0.2) is 0 Å². The molecule has 0 aromatic carbocycles. The van der Waals surface area contributed by atoms with Crippen LogP contribution in [0, 0.1) is 18.8 Å². The Hall–Kier alpha value is -0.540. The summed E-state index contributed by atoms with van der Waals surface area (Å²) >= 11 is 6.41. The molecule has 3 nitrogen and oxygen atoms in total. The van der Waals surface area contributed by atoms with Crippen LogP contribution < -0.4 is 5.73 Å². The third kappa shape index (κ3) is 2.82. The number of halogens is 1. The highest BCUT2D eigenvalue weighted by Gasteiger charge is 2.38. The minimum Gasteiger partial charge on any atom is -0.325 e. The van der Waals surface area contributed by atoms with E-state index in [4.69, 9.17) is 17.3 Å². The van der Waals surface area contributed by atoms with Crippen molar-refractivity contribution >= 4 is 11.6 Å². The summed E-state index contributed by atoms with van der Waals surface area (Å²) in [7, 11) is 0. The first kappa shape index (κ1) is 14.9. The van der Waals surface area contributed by atoms with Crippen molar-refractivity contribution in [1.29, 1.82) is 0 Å². The van der Waals surface area contributed by atoms with Gasteiger partial charge >= 0.3 is 0 Å². The van der Waals surface area contributed by atoms with Crippen LogP contribution >= 0.6 is 11.6 Å². The fourth-order valence-corrected chi connectivity index (χ4v) is 3.53. The van der Waals surface area contributed by atoms with Crippen LogP contribution in [0.3, 0.4) is 0 Å². The smallest absolute Gasteiger partial charge is 0.0847 e. The third-order valence-corrected chi connectivity index (χ3v) is 5.28. The molecule has 1 saturated carbocycles. The molecule has 2 N–H and O–H groups in total. The summed E-state index contributed by atoms with van der Waals surface area (Å²) in [5.74, 6) is 1.33. The number of nitrogens with two attached hydrogens (primary N) is 1. The van der Waals surface area contributed by atoms with E-state index in [0.717, 1.165) is 41.7 Å². The molecule has 1 heterocycles. The molecule has 2 rings (SSSR count). The zero-order valence-electron chi connectivity index (χ0n) is 12.5. The lowest BCUT2D eigenvalue weighted by molar-refractivity contribution is 0.161. The second-order valence-electron chi connectivity index (χ2n) is 6.35. The van der Waals surface area contributed by atoms with E-state index in [1.54, 1.807) is 0 Å². The molecule has 0 bridgehead atoms. The fraction of sp³-hybridized carbons (Fsp3) is 0.800. The molecule has 108 valence electrons. The molecule has 0 spiro atoms. The van der Waals surface area contributed by atoms with Crippen LogP contribution in [0.15, 0.2) is 0 Å². The van der Waals surface area contributed by atoms with Gasteiger partial charge in [0.1, 0.15) is 0 Å². The standard InChI is InChI=1S/C15H26ClN3/c1-5-19-13(14(16)12(4)18-19)9-15(17)7-6-10(2)8-11(15)3/h10-11H,5-9,17H2,1-4H3. The molecule has 0 radical (unpaired) electrons. The van der Waals surface area contributed by atoms with Crippen molar-refractivity contribution in [3.05, 3.63) is 16.4 Å². The molecule has 0 saturated heterocycles. The lowest BCUT2D eigenvalue weighted by Crippen LogP contribution is -2.51. The van der Waals surface area contributed by atoms with Crippen LogP contribution in [0.1, 0.15) is 51.4 Å². The largest absolute Gasteiger partial charge is 0.325 e. The molecular weight excluding hydrogens is 258 g/mol. The van der Waals surface area contributed by atoms with Crippen molar-refractivity contribution in [2.24, 2.45) is 17.6 Å². The Balaban J connectivity index is 2.25. The summed E-state index contributed by atoms with van der Waals surface area (Å²) < 4.78 is 2.01. The minimum absolute atomic E-state index is 0.129. The van der Waals surface area contributed by atoms with E-state index in [0.29, 0.717) is 5.92 Å². The van der Waals surface area contributed by atoms with Gasteiger partial charge in [-0.3, -0.25) is 4.68 Å². The predicted molar refractivity (Wildman–Crippen MR) is 80.4 cm³/mol. The second-order valence-corrected chi connectivity index (χ2v) is 6.73. The van der Waals surface area contributed by atoms with Crippen molar-refractivity contribution in [1.82, 2.24) is 9.78 Å². The molecule has 1 aromatic heterocycles. The summed E-state index contributed by atoms with van der Waals surface area (Å²) in [6, 6.07) is 0. The quantitative estimate of drug-likeness (QED) is 0.922. The van der Waals surface area contributed by atoms with E-state index >= 15 is 0 Å². The van der Waals surface area contributed by atoms with E-state index in [9.17, 15) is 0 Å². The highest BCUT2D eigenvalue weighted by molar-refractivity contribution is 6.31. The van der Waals surface area contributed by atoms with Crippen LogP contribution in [0.5, 0.6) is 0 Å². The molecule has 1 fully saturated rings. The van der Waals surface area contributed by atoms with Crippen LogP contribution in [-0.2, 0) is 13.0 Å². The Morgan fingerprint density at radius 2 is 2.16 bits per heavy atom. The summed E-state index contributed by atoms with van der Waals surface area (Å²) in [6.07, 6.45) is 4.36. The Morgan fingerprint density at radius 1 is 1.47 bits per heavy atom. The van der Waals surface area contributed by atoms with Crippen LogP contribution in [0.4, 0.5) is 0 Å². The first-order chi connectivity index (χ1) is 8.87. The maximum absolute atomic E-state index is 6.70. The first-order valence-corrected chi connectivity index (χ1v) is 7.75. The van der Waals surface area contributed by atoms with Gasteiger partial charge in [0.2, 0.25) is 0 Å². The highest BCUT2D eigenvalue weighted by Crippen LogP contribution is 2.38. The number of aromatic nitrogens is 2. The van der Waals surface area contributed by atoms with E-state index in [2.05, 4.69) is 25.9 Å². The van der Waals surface area contributed by atoms with Gasteiger partial charge in [0.25, 0.3) is 0 Å². The molecule has 0 aliphatic heterocycles. The fourth-order valence-electron chi connectivity index (χ4n) is 3.33. The molecule has 0 amide bonds. The Morgan fingerprint density at radius 3 is 2.74 bits per heavy atom. The molecule has 1 aliphatic rings. The van der Waals surface area contributed by atoms with Crippen molar-refractivity contribution in [2.45, 2.75) is 65.5 Å². The van der Waals surface area contributed by atoms with Gasteiger partial charge < -0.3 is 5.73 Å². The first-order valence-electron chi connectivity index (χ1n) is 7.38. The average molecular weight is 284 g/mol. The van der Waals surface area contributed by atoms with E-state index in [1.807, 2.05) is 11.6 Å². The van der Waals surface area contributed by atoms with Crippen molar-refractivity contribution in [3.63, 3.8) is 0 Å². The number of hydrogen-bond acceptors (Lipinski definition) is 2. The molecule has 1 aliphatic carbocycles. The third-order valence-electron chi connectivity index (χ3n) is 4.79. The molecule has 1 aromatic rings. The topological polar surface area (TPSA) is 43.8 Å². The maximum Gasteiger partial charge on any atom is 0.0847 e. The Kier molecular flexibility index (Phi) is 4.26. The van der Waals surface area contributed by atoms with Crippen LogP contribution in [0.25, 0.3) is 0 Å². The van der Waals surface area contributed by atoms with Crippen molar-refractivity contribution in [2.75, 3.05) is 0 Å². The van der Waals surface area contributed by atoms with Crippen LogP contribution in [-0.4, -0.2) is 15.3 Å². The van der Waals surface area contributed by atoms with Gasteiger partial charge in [0, 0.05) is 18.5 Å². The SMILES string of the molecule is CCn1nc(C)c(Cl)c1CC1(N)CCC(C)CC1C.